The minimum Gasteiger partial charge on any atom is -0.496 e. The lowest BCUT2D eigenvalue weighted by Gasteiger charge is -2.14. The van der Waals surface area contributed by atoms with Crippen molar-refractivity contribution in [1.29, 1.82) is 0 Å². The first-order chi connectivity index (χ1) is 16.0. The molecule has 0 amide bonds. The minimum absolute atomic E-state index is 0.168. The molecule has 0 atom stereocenters. The van der Waals surface area contributed by atoms with E-state index >= 15 is 0 Å². The van der Waals surface area contributed by atoms with Gasteiger partial charge in [0.1, 0.15) is 17.6 Å². The quantitative estimate of drug-likeness (QED) is 0.205. The van der Waals surface area contributed by atoms with Gasteiger partial charge >= 0.3 is 0 Å². The van der Waals surface area contributed by atoms with E-state index in [0.29, 0.717) is 50.5 Å². The number of aryl methyl sites for hydroxylation is 2. The van der Waals surface area contributed by atoms with E-state index in [9.17, 15) is 9.59 Å². The third kappa shape index (κ3) is 4.54. The second kappa shape index (κ2) is 9.80. The summed E-state index contributed by atoms with van der Waals surface area (Å²) in [5, 5.41) is 5.62. The Kier molecular flexibility index (Phi) is 6.85. The zero-order valence-corrected chi connectivity index (χ0v) is 20.1. The summed E-state index contributed by atoms with van der Waals surface area (Å²) in [6.07, 6.45) is 0.799. The fourth-order valence-corrected chi connectivity index (χ4v) is 4.86. The van der Waals surface area contributed by atoms with Gasteiger partial charge in [-0.15, -0.1) is 0 Å². The molecule has 4 rings (SSSR count). The van der Waals surface area contributed by atoms with Gasteiger partial charge < -0.3 is 4.74 Å². The molecule has 0 bridgehead atoms. The Morgan fingerprint density at radius 2 is 1.97 bits per heavy atom. The molecule has 2 aromatic carbocycles. The summed E-state index contributed by atoms with van der Waals surface area (Å²) >= 11 is 7.80. The Labute approximate surface area is 200 Å². The number of nitrogens with zero attached hydrogens (tertiary/aromatic N) is 4. The van der Waals surface area contributed by atoms with Crippen LogP contribution in [0.25, 0.3) is 11.0 Å². The summed E-state index contributed by atoms with van der Waals surface area (Å²) in [7, 11) is 1.59. The van der Waals surface area contributed by atoms with Gasteiger partial charge in [0.15, 0.2) is 10.7 Å². The van der Waals surface area contributed by atoms with Crippen molar-refractivity contribution in [3.8, 4) is 5.75 Å². The van der Waals surface area contributed by atoms with Crippen molar-refractivity contribution in [3.63, 3.8) is 0 Å². The minimum atomic E-state index is -0.168. The van der Waals surface area contributed by atoms with Crippen LogP contribution in [0.1, 0.15) is 34.1 Å². The first kappa shape index (κ1) is 23.1. The van der Waals surface area contributed by atoms with Crippen LogP contribution in [0.5, 0.6) is 5.75 Å². The maximum absolute atomic E-state index is 13.6. The number of ether oxygens (including phenoxy) is 1. The number of benzene rings is 2. The van der Waals surface area contributed by atoms with Crippen LogP contribution in [0.2, 0.25) is 5.02 Å². The highest BCUT2D eigenvalue weighted by atomic mass is 35.5. The van der Waals surface area contributed by atoms with E-state index < -0.39 is 0 Å². The Morgan fingerprint density at radius 1 is 1.18 bits per heavy atom. The average molecular weight is 483 g/mol. The van der Waals surface area contributed by atoms with Gasteiger partial charge in [-0.05, 0) is 43.7 Å². The van der Waals surface area contributed by atoms with Gasteiger partial charge in [0, 0.05) is 28.4 Å². The monoisotopic (exact) mass is 482 g/mol. The van der Waals surface area contributed by atoms with Crippen LogP contribution in [0.15, 0.2) is 52.4 Å². The molecule has 170 valence electrons. The standard InChI is InChI=1S/C24H23ClN4O3S/c1-4-29-22-21(15(2)27-29)26-24(28(23(22)31)12-17-7-5-6-8-19(17)25)33-14-18-11-16(13-30)9-10-20(18)32-3/h5-11,13H,4,12,14H2,1-3H3. The summed E-state index contributed by atoms with van der Waals surface area (Å²) in [6.45, 7) is 4.64. The molecule has 0 N–H and O–H groups in total. The Balaban J connectivity index is 1.83. The molecular formula is C24H23ClN4O3S. The third-order valence-corrected chi connectivity index (χ3v) is 6.76. The SMILES string of the molecule is CCn1nc(C)c2nc(SCc3cc(C=O)ccc3OC)n(Cc3ccccc3Cl)c(=O)c21. The van der Waals surface area contributed by atoms with Gasteiger partial charge in [-0.3, -0.25) is 18.8 Å². The van der Waals surface area contributed by atoms with Crippen molar-refractivity contribution in [2.45, 2.75) is 37.8 Å². The molecule has 4 aromatic rings. The van der Waals surface area contributed by atoms with Gasteiger partial charge in [0.2, 0.25) is 0 Å². The molecule has 0 spiro atoms. The third-order valence-electron chi connectivity index (χ3n) is 5.37. The van der Waals surface area contributed by atoms with Crippen molar-refractivity contribution in [2.24, 2.45) is 0 Å². The van der Waals surface area contributed by atoms with Crippen LogP contribution in [-0.4, -0.2) is 32.7 Å². The lowest BCUT2D eigenvalue weighted by molar-refractivity contribution is 0.112. The molecule has 0 radical (unpaired) electrons. The van der Waals surface area contributed by atoms with Crippen LogP contribution >= 0.6 is 23.4 Å². The van der Waals surface area contributed by atoms with Crippen molar-refractivity contribution in [3.05, 3.63) is 80.2 Å². The topological polar surface area (TPSA) is 79.0 Å². The molecule has 7 nitrogen and oxygen atoms in total. The van der Waals surface area contributed by atoms with E-state index in [2.05, 4.69) is 5.10 Å². The van der Waals surface area contributed by atoms with Gasteiger partial charge in [-0.1, -0.05) is 41.6 Å². The van der Waals surface area contributed by atoms with Gasteiger partial charge in [0.05, 0.1) is 19.3 Å². The van der Waals surface area contributed by atoms with Gasteiger partial charge in [-0.2, -0.15) is 5.10 Å². The molecule has 0 aliphatic heterocycles. The number of methoxy groups -OCH3 is 1. The van der Waals surface area contributed by atoms with Gasteiger partial charge in [-0.25, -0.2) is 4.98 Å². The molecular weight excluding hydrogens is 460 g/mol. The Bertz CT molecular complexity index is 1400. The smallest absolute Gasteiger partial charge is 0.280 e. The summed E-state index contributed by atoms with van der Waals surface area (Å²) in [4.78, 5) is 29.7. The van der Waals surface area contributed by atoms with Gasteiger partial charge in [0.25, 0.3) is 5.56 Å². The van der Waals surface area contributed by atoms with Crippen LogP contribution in [0, 0.1) is 6.92 Å². The van der Waals surface area contributed by atoms with E-state index in [-0.39, 0.29) is 12.1 Å². The van der Waals surface area contributed by atoms with Crippen LogP contribution in [0.4, 0.5) is 0 Å². The van der Waals surface area contributed by atoms with Crippen LogP contribution in [0.3, 0.4) is 0 Å². The normalized spacial score (nSPS) is 11.2. The Hall–Kier alpha value is -3.10. The van der Waals surface area contributed by atoms with E-state index in [4.69, 9.17) is 21.3 Å². The zero-order chi connectivity index (χ0) is 23.5. The summed E-state index contributed by atoms with van der Waals surface area (Å²) < 4.78 is 8.78. The highest BCUT2D eigenvalue weighted by Gasteiger charge is 2.19. The maximum Gasteiger partial charge on any atom is 0.280 e. The van der Waals surface area contributed by atoms with Crippen molar-refractivity contribution in [1.82, 2.24) is 19.3 Å². The molecule has 9 heteroatoms. The van der Waals surface area contributed by atoms with Crippen LogP contribution in [-0.2, 0) is 18.8 Å². The number of fused-ring (bicyclic) bond motifs is 1. The lowest BCUT2D eigenvalue weighted by Crippen LogP contribution is -2.25. The molecule has 0 unspecified atom stereocenters. The fraction of sp³-hybridized carbons (Fsp3) is 0.250. The van der Waals surface area contributed by atoms with Crippen molar-refractivity contribution < 1.29 is 9.53 Å². The van der Waals surface area contributed by atoms with E-state index in [1.54, 1.807) is 40.6 Å². The number of carbonyl (C=O) groups is 1. The lowest BCUT2D eigenvalue weighted by atomic mass is 10.1. The summed E-state index contributed by atoms with van der Waals surface area (Å²) in [6, 6.07) is 12.7. The summed E-state index contributed by atoms with van der Waals surface area (Å²) in [5.41, 5.74) is 3.83. The molecule has 0 fully saturated rings. The van der Waals surface area contributed by atoms with E-state index in [1.165, 1.54) is 11.8 Å². The molecule has 2 aromatic heterocycles. The number of halogens is 1. The summed E-state index contributed by atoms with van der Waals surface area (Å²) in [5.74, 6) is 1.14. The van der Waals surface area contributed by atoms with Crippen molar-refractivity contribution >= 4 is 40.7 Å². The first-order valence-corrected chi connectivity index (χ1v) is 11.8. The van der Waals surface area contributed by atoms with Crippen molar-refractivity contribution in [2.75, 3.05) is 7.11 Å². The average Bonchev–Trinajstić information content (AvgIpc) is 3.16. The maximum atomic E-state index is 13.6. The molecule has 33 heavy (non-hydrogen) atoms. The van der Waals surface area contributed by atoms with Crippen LogP contribution < -0.4 is 10.3 Å². The molecule has 0 saturated carbocycles. The highest BCUT2D eigenvalue weighted by molar-refractivity contribution is 7.98. The zero-order valence-electron chi connectivity index (χ0n) is 18.5. The Morgan fingerprint density at radius 3 is 2.67 bits per heavy atom. The molecule has 0 saturated heterocycles. The predicted octanol–water partition coefficient (Wildman–Crippen LogP) is 4.74. The predicted molar refractivity (Wildman–Crippen MR) is 131 cm³/mol. The largest absolute Gasteiger partial charge is 0.496 e. The molecule has 2 heterocycles. The number of aromatic nitrogens is 4. The molecule has 0 aliphatic carbocycles. The molecule has 0 aliphatic rings. The van der Waals surface area contributed by atoms with E-state index in [0.717, 1.165) is 17.4 Å². The second-order valence-electron chi connectivity index (χ2n) is 7.45. The number of aldehydes is 1. The number of hydrogen-bond acceptors (Lipinski definition) is 6. The number of rotatable bonds is 8. The number of carbonyl (C=O) groups excluding carboxylic acids is 1. The highest BCUT2D eigenvalue weighted by Crippen LogP contribution is 2.29. The van der Waals surface area contributed by atoms with E-state index in [1.807, 2.05) is 32.0 Å². The first-order valence-electron chi connectivity index (χ1n) is 10.4. The fourth-order valence-electron chi connectivity index (χ4n) is 3.69. The second-order valence-corrected chi connectivity index (χ2v) is 8.80. The number of hydrogen-bond donors (Lipinski definition) is 0. The number of thioether (sulfide) groups is 1.